The summed E-state index contributed by atoms with van der Waals surface area (Å²) in [7, 11) is 0. The van der Waals surface area contributed by atoms with Crippen molar-refractivity contribution in [1.82, 2.24) is 15.2 Å². The summed E-state index contributed by atoms with van der Waals surface area (Å²) in [4.78, 5) is 4.32. The van der Waals surface area contributed by atoms with Gasteiger partial charge in [-0.25, -0.2) is 0 Å². The van der Waals surface area contributed by atoms with Gasteiger partial charge in [-0.15, -0.1) is 5.10 Å². The average molecular weight is 331 g/mol. The minimum atomic E-state index is 0.209. The molecule has 0 radical (unpaired) electrons. The summed E-state index contributed by atoms with van der Waals surface area (Å²) >= 11 is 3.40. The fourth-order valence-corrected chi connectivity index (χ4v) is 2.22. The fourth-order valence-electron chi connectivity index (χ4n) is 1.81. The Hall–Kier alpha value is -2.05. The predicted octanol–water partition coefficient (Wildman–Crippen LogP) is 3.04. The third kappa shape index (κ3) is 2.61. The Morgan fingerprint density at radius 1 is 1.05 bits per heavy atom. The van der Waals surface area contributed by atoms with Crippen molar-refractivity contribution in [3.05, 3.63) is 52.5 Å². The first kappa shape index (κ1) is 13.0. The van der Waals surface area contributed by atoms with Gasteiger partial charge in [-0.05, 0) is 30.3 Å². The number of nitrogens with zero attached hydrogens (tertiary/aromatic N) is 3. The molecule has 3 aromatic rings. The summed E-state index contributed by atoms with van der Waals surface area (Å²) in [6.45, 7) is 0.371. The van der Waals surface area contributed by atoms with Crippen LogP contribution < -0.4 is 10.5 Å². The summed E-state index contributed by atoms with van der Waals surface area (Å²) in [5.41, 5.74) is 8.05. The van der Waals surface area contributed by atoms with E-state index in [2.05, 4.69) is 31.1 Å². The molecule has 0 saturated heterocycles. The van der Waals surface area contributed by atoms with E-state index >= 15 is 0 Å². The smallest absolute Gasteiger partial charge is 0.341 e. The van der Waals surface area contributed by atoms with Crippen molar-refractivity contribution in [3.8, 4) is 11.8 Å². The number of hydrogen-bond donors (Lipinski definition) is 1. The van der Waals surface area contributed by atoms with Crippen LogP contribution in [0.15, 0.2) is 46.9 Å². The fraction of sp³-hybridized carbons (Fsp3) is 0.0714. The Labute approximate surface area is 123 Å². The molecule has 0 aliphatic rings. The molecule has 0 aliphatic carbocycles. The highest BCUT2D eigenvalue weighted by atomic mass is 79.9. The molecular formula is C14H11BrN4O. The van der Waals surface area contributed by atoms with E-state index in [9.17, 15) is 0 Å². The van der Waals surface area contributed by atoms with Gasteiger partial charge in [0, 0.05) is 16.6 Å². The lowest BCUT2D eigenvalue weighted by atomic mass is 10.2. The number of halogens is 1. The molecule has 20 heavy (non-hydrogen) atoms. The van der Waals surface area contributed by atoms with Crippen LogP contribution in [0.2, 0.25) is 0 Å². The maximum absolute atomic E-state index is 5.71. The molecule has 0 fully saturated rings. The van der Waals surface area contributed by atoms with Crippen molar-refractivity contribution in [3.63, 3.8) is 0 Å². The summed E-state index contributed by atoms with van der Waals surface area (Å²) in [5, 5.41) is 8.04. The summed E-state index contributed by atoms with van der Waals surface area (Å²) in [5.74, 6) is 0.632. The minimum absolute atomic E-state index is 0.209. The van der Waals surface area contributed by atoms with E-state index in [1.807, 2.05) is 42.5 Å². The second-order valence-electron chi connectivity index (χ2n) is 4.14. The maximum atomic E-state index is 5.71. The second-order valence-corrected chi connectivity index (χ2v) is 5.06. The van der Waals surface area contributed by atoms with E-state index in [4.69, 9.17) is 10.5 Å². The molecule has 0 bridgehead atoms. The molecule has 1 aromatic heterocycles. The molecule has 1 heterocycles. The first-order valence-corrected chi connectivity index (χ1v) is 6.81. The van der Waals surface area contributed by atoms with Gasteiger partial charge in [0.15, 0.2) is 0 Å². The van der Waals surface area contributed by atoms with Gasteiger partial charge in [0.2, 0.25) is 0 Å². The first-order chi connectivity index (χ1) is 9.76. The van der Waals surface area contributed by atoms with E-state index in [-0.39, 0.29) is 6.01 Å². The minimum Gasteiger partial charge on any atom is -0.423 e. The number of benzene rings is 2. The van der Waals surface area contributed by atoms with Crippen molar-refractivity contribution in [2.75, 3.05) is 0 Å². The van der Waals surface area contributed by atoms with Crippen LogP contribution in [-0.2, 0) is 6.54 Å². The van der Waals surface area contributed by atoms with E-state index < -0.39 is 0 Å². The first-order valence-electron chi connectivity index (χ1n) is 6.02. The molecule has 6 heteroatoms. The lowest BCUT2D eigenvalue weighted by Gasteiger charge is -2.08. The zero-order valence-corrected chi connectivity index (χ0v) is 12.0. The quantitative estimate of drug-likeness (QED) is 0.798. The molecule has 2 aromatic carbocycles. The third-order valence-corrected chi connectivity index (χ3v) is 3.28. The standard InChI is InChI=1S/C14H11BrN4O/c15-10-5-6-13(9(7-10)8-16)20-14-17-11-3-1-2-4-12(11)18-19-14/h1-7H,8,16H2. The number of para-hydroxylation sites is 1. The van der Waals surface area contributed by atoms with Crippen LogP contribution in [0.3, 0.4) is 0 Å². The summed E-state index contributed by atoms with van der Waals surface area (Å²) in [6.07, 6.45) is 0. The van der Waals surface area contributed by atoms with Crippen LogP contribution in [0, 0.1) is 0 Å². The van der Waals surface area contributed by atoms with Crippen molar-refractivity contribution >= 4 is 27.0 Å². The Kier molecular flexibility index (Phi) is 3.58. The number of ether oxygens (including phenoxy) is 1. The number of nitrogens with two attached hydrogens (primary N) is 1. The van der Waals surface area contributed by atoms with Gasteiger partial charge in [-0.3, -0.25) is 0 Å². The molecule has 0 unspecified atom stereocenters. The van der Waals surface area contributed by atoms with E-state index in [1.54, 1.807) is 0 Å². The molecular weight excluding hydrogens is 320 g/mol. The van der Waals surface area contributed by atoms with Crippen LogP contribution in [0.25, 0.3) is 11.0 Å². The van der Waals surface area contributed by atoms with E-state index in [0.29, 0.717) is 12.3 Å². The van der Waals surface area contributed by atoms with Gasteiger partial charge in [0.1, 0.15) is 11.3 Å². The lowest BCUT2D eigenvalue weighted by molar-refractivity contribution is 0.432. The van der Waals surface area contributed by atoms with Gasteiger partial charge in [0.25, 0.3) is 0 Å². The molecule has 100 valence electrons. The highest BCUT2D eigenvalue weighted by molar-refractivity contribution is 9.10. The molecule has 5 nitrogen and oxygen atoms in total. The highest BCUT2D eigenvalue weighted by Gasteiger charge is 2.08. The maximum Gasteiger partial charge on any atom is 0.341 e. The largest absolute Gasteiger partial charge is 0.423 e. The van der Waals surface area contributed by atoms with Crippen LogP contribution in [-0.4, -0.2) is 15.2 Å². The topological polar surface area (TPSA) is 73.9 Å². The average Bonchev–Trinajstić information content (AvgIpc) is 2.49. The van der Waals surface area contributed by atoms with Crippen LogP contribution in [0.4, 0.5) is 0 Å². The van der Waals surface area contributed by atoms with Gasteiger partial charge in [0.05, 0.1) is 5.52 Å². The third-order valence-electron chi connectivity index (χ3n) is 2.78. The van der Waals surface area contributed by atoms with Gasteiger partial charge in [-0.1, -0.05) is 33.2 Å². The SMILES string of the molecule is NCc1cc(Br)ccc1Oc1nnc2ccccc2n1. The van der Waals surface area contributed by atoms with Crippen molar-refractivity contribution in [2.24, 2.45) is 5.73 Å². The van der Waals surface area contributed by atoms with E-state index in [1.165, 1.54) is 0 Å². The lowest BCUT2D eigenvalue weighted by Crippen LogP contribution is -2.01. The van der Waals surface area contributed by atoms with Crippen LogP contribution in [0.1, 0.15) is 5.56 Å². The van der Waals surface area contributed by atoms with Crippen LogP contribution in [0.5, 0.6) is 11.8 Å². The molecule has 0 amide bonds. The molecule has 0 aliphatic heterocycles. The second kappa shape index (κ2) is 5.52. The Bertz CT molecular complexity index is 763. The molecule has 0 spiro atoms. The Morgan fingerprint density at radius 3 is 2.65 bits per heavy atom. The molecule has 0 saturated carbocycles. The zero-order valence-electron chi connectivity index (χ0n) is 10.5. The monoisotopic (exact) mass is 330 g/mol. The summed E-state index contributed by atoms with van der Waals surface area (Å²) in [6, 6.07) is 13.3. The summed E-state index contributed by atoms with van der Waals surface area (Å²) < 4.78 is 6.63. The van der Waals surface area contributed by atoms with Crippen molar-refractivity contribution < 1.29 is 4.74 Å². The Morgan fingerprint density at radius 2 is 1.85 bits per heavy atom. The molecule has 0 atom stereocenters. The predicted molar refractivity (Wildman–Crippen MR) is 79.4 cm³/mol. The van der Waals surface area contributed by atoms with Crippen molar-refractivity contribution in [2.45, 2.75) is 6.54 Å². The number of hydrogen-bond acceptors (Lipinski definition) is 5. The number of rotatable bonds is 3. The number of fused-ring (bicyclic) bond motifs is 1. The molecule has 2 N–H and O–H groups in total. The molecule has 3 rings (SSSR count). The van der Waals surface area contributed by atoms with Gasteiger partial charge in [-0.2, -0.15) is 4.98 Å². The van der Waals surface area contributed by atoms with Crippen molar-refractivity contribution in [1.29, 1.82) is 0 Å². The number of aromatic nitrogens is 3. The van der Waals surface area contributed by atoms with Gasteiger partial charge >= 0.3 is 6.01 Å². The highest BCUT2D eigenvalue weighted by Crippen LogP contribution is 2.26. The normalized spacial score (nSPS) is 10.7. The Balaban J connectivity index is 1.96. The van der Waals surface area contributed by atoms with Crippen LogP contribution >= 0.6 is 15.9 Å². The van der Waals surface area contributed by atoms with E-state index in [0.717, 1.165) is 21.1 Å². The van der Waals surface area contributed by atoms with Gasteiger partial charge < -0.3 is 10.5 Å². The zero-order chi connectivity index (χ0) is 13.9.